The molecule has 1 aromatic carbocycles. The highest BCUT2D eigenvalue weighted by Gasteiger charge is 2.09. The molecule has 0 spiro atoms. The predicted octanol–water partition coefficient (Wildman–Crippen LogP) is 2.38. The second kappa shape index (κ2) is 8.17. The van der Waals surface area contributed by atoms with Crippen LogP contribution in [0, 0.1) is 0 Å². The number of sulfonamides is 1. The summed E-state index contributed by atoms with van der Waals surface area (Å²) in [5.41, 5.74) is 1.84. The first-order valence-corrected chi connectivity index (χ1v) is 8.52. The van der Waals surface area contributed by atoms with Crippen LogP contribution in [-0.2, 0) is 16.4 Å². The van der Waals surface area contributed by atoms with E-state index in [2.05, 4.69) is 17.0 Å². The molecule has 0 saturated carbocycles. The van der Waals surface area contributed by atoms with Crippen LogP contribution in [-0.4, -0.2) is 27.3 Å². The van der Waals surface area contributed by atoms with E-state index in [9.17, 15) is 8.42 Å². The Balaban J connectivity index is 2.40. The van der Waals surface area contributed by atoms with Crippen molar-refractivity contribution in [3.63, 3.8) is 0 Å². The first kappa shape index (κ1) is 16.0. The van der Waals surface area contributed by atoms with Crippen molar-refractivity contribution >= 4 is 15.7 Å². The van der Waals surface area contributed by atoms with Crippen LogP contribution < -0.4 is 10.0 Å². The van der Waals surface area contributed by atoms with Gasteiger partial charge < -0.3 is 5.32 Å². The maximum atomic E-state index is 11.9. The molecule has 0 amide bonds. The predicted molar refractivity (Wildman–Crippen MR) is 81.0 cm³/mol. The van der Waals surface area contributed by atoms with E-state index in [1.165, 1.54) is 5.56 Å². The lowest BCUT2D eigenvalue weighted by Gasteiger charge is -2.08. The zero-order valence-corrected chi connectivity index (χ0v) is 12.6. The Morgan fingerprint density at radius 2 is 1.74 bits per heavy atom. The molecule has 0 aliphatic heterocycles. The van der Waals surface area contributed by atoms with Crippen LogP contribution in [0.15, 0.2) is 24.3 Å². The minimum atomic E-state index is -3.22. The molecule has 0 saturated heterocycles. The highest BCUT2D eigenvalue weighted by Crippen LogP contribution is 2.12. The number of rotatable bonds is 9. The third-order valence-electron chi connectivity index (χ3n) is 2.90. The normalized spacial score (nSPS) is 11.5. The molecule has 5 heteroatoms. The third-order valence-corrected chi connectivity index (χ3v) is 4.27. The van der Waals surface area contributed by atoms with E-state index in [-0.39, 0.29) is 5.75 Å². The molecular weight excluding hydrogens is 260 g/mol. The van der Waals surface area contributed by atoms with Crippen molar-refractivity contribution in [3.8, 4) is 0 Å². The summed E-state index contributed by atoms with van der Waals surface area (Å²) in [6, 6.07) is 7.52. The molecule has 0 fully saturated rings. The highest BCUT2D eigenvalue weighted by atomic mass is 32.2. The second-order valence-corrected chi connectivity index (χ2v) is 6.37. The van der Waals surface area contributed by atoms with Gasteiger partial charge >= 0.3 is 0 Å². The summed E-state index contributed by atoms with van der Waals surface area (Å²) < 4.78 is 26.3. The van der Waals surface area contributed by atoms with Crippen molar-refractivity contribution < 1.29 is 8.42 Å². The van der Waals surface area contributed by atoms with Crippen molar-refractivity contribution in [2.45, 2.75) is 33.1 Å². The van der Waals surface area contributed by atoms with Crippen molar-refractivity contribution in [1.82, 2.24) is 5.32 Å². The standard InChI is InChI=1S/C14H24N2O2S/c1-3-13-7-9-14(10-8-13)16-19(17,18)12-6-5-11-15-4-2/h7-10,15-16H,3-6,11-12H2,1-2H3. The Morgan fingerprint density at radius 3 is 2.32 bits per heavy atom. The van der Waals surface area contributed by atoms with Crippen molar-refractivity contribution in [1.29, 1.82) is 0 Å². The van der Waals surface area contributed by atoms with Crippen LogP contribution >= 0.6 is 0 Å². The molecular formula is C14H24N2O2S. The maximum Gasteiger partial charge on any atom is 0.232 e. The number of anilines is 1. The molecule has 4 nitrogen and oxygen atoms in total. The van der Waals surface area contributed by atoms with Gasteiger partial charge in [0.25, 0.3) is 0 Å². The second-order valence-electron chi connectivity index (χ2n) is 4.53. The van der Waals surface area contributed by atoms with Gasteiger partial charge in [-0.2, -0.15) is 0 Å². The molecule has 0 aliphatic rings. The van der Waals surface area contributed by atoms with E-state index in [1.54, 1.807) is 0 Å². The largest absolute Gasteiger partial charge is 0.317 e. The van der Waals surface area contributed by atoms with E-state index in [4.69, 9.17) is 0 Å². The summed E-state index contributed by atoms with van der Waals surface area (Å²) in [4.78, 5) is 0. The summed E-state index contributed by atoms with van der Waals surface area (Å²) in [5.74, 6) is 0.175. The smallest absolute Gasteiger partial charge is 0.232 e. The minimum absolute atomic E-state index is 0.175. The minimum Gasteiger partial charge on any atom is -0.317 e. The van der Waals surface area contributed by atoms with Gasteiger partial charge in [0.05, 0.1) is 5.75 Å². The van der Waals surface area contributed by atoms with Gasteiger partial charge in [-0.15, -0.1) is 0 Å². The molecule has 1 rings (SSSR count). The Bertz CT molecular complexity index is 455. The molecule has 0 radical (unpaired) electrons. The number of aryl methyl sites for hydroxylation is 1. The first-order chi connectivity index (χ1) is 9.07. The van der Waals surface area contributed by atoms with E-state index < -0.39 is 10.0 Å². The van der Waals surface area contributed by atoms with Gasteiger partial charge in [0, 0.05) is 5.69 Å². The topological polar surface area (TPSA) is 58.2 Å². The van der Waals surface area contributed by atoms with Gasteiger partial charge in [0.1, 0.15) is 0 Å². The molecule has 19 heavy (non-hydrogen) atoms. The van der Waals surface area contributed by atoms with Gasteiger partial charge in [0.15, 0.2) is 0 Å². The fourth-order valence-corrected chi connectivity index (χ4v) is 2.94. The monoisotopic (exact) mass is 284 g/mol. The lowest BCUT2D eigenvalue weighted by molar-refractivity contribution is 0.593. The molecule has 0 aromatic heterocycles. The average molecular weight is 284 g/mol. The number of nitrogens with one attached hydrogen (secondary N) is 2. The zero-order valence-electron chi connectivity index (χ0n) is 11.8. The molecule has 2 N–H and O–H groups in total. The summed E-state index contributed by atoms with van der Waals surface area (Å²) >= 11 is 0. The van der Waals surface area contributed by atoms with Gasteiger partial charge in [-0.05, 0) is 50.0 Å². The fourth-order valence-electron chi connectivity index (χ4n) is 1.76. The molecule has 1 aromatic rings. The Kier molecular flexibility index (Phi) is 6.87. The van der Waals surface area contributed by atoms with Crippen molar-refractivity contribution in [2.24, 2.45) is 0 Å². The Hall–Kier alpha value is -1.07. The average Bonchev–Trinajstić information content (AvgIpc) is 2.39. The molecule has 0 atom stereocenters. The van der Waals surface area contributed by atoms with Crippen LogP contribution in [0.5, 0.6) is 0 Å². The molecule has 0 heterocycles. The molecule has 0 unspecified atom stereocenters. The molecule has 108 valence electrons. The summed E-state index contributed by atoms with van der Waals surface area (Å²) in [5, 5.41) is 3.18. The van der Waals surface area contributed by atoms with Crippen LogP contribution in [0.2, 0.25) is 0 Å². The van der Waals surface area contributed by atoms with E-state index in [1.807, 2.05) is 31.2 Å². The lowest BCUT2D eigenvalue weighted by Crippen LogP contribution is -2.19. The molecule has 0 aliphatic carbocycles. The van der Waals surface area contributed by atoms with E-state index >= 15 is 0 Å². The lowest BCUT2D eigenvalue weighted by atomic mass is 10.2. The molecule has 0 bridgehead atoms. The summed E-state index contributed by atoms with van der Waals surface area (Å²) in [6.07, 6.45) is 2.51. The number of hydrogen-bond acceptors (Lipinski definition) is 3. The number of unbranched alkanes of at least 4 members (excludes halogenated alkanes) is 1. The van der Waals surface area contributed by atoms with Crippen LogP contribution in [0.3, 0.4) is 0 Å². The van der Waals surface area contributed by atoms with Crippen molar-refractivity contribution in [2.75, 3.05) is 23.6 Å². The maximum absolute atomic E-state index is 11.9. The third kappa shape index (κ3) is 6.59. The Morgan fingerprint density at radius 1 is 1.05 bits per heavy atom. The zero-order chi connectivity index (χ0) is 14.1. The van der Waals surface area contributed by atoms with E-state index in [0.717, 1.165) is 25.9 Å². The number of benzene rings is 1. The fraction of sp³-hybridized carbons (Fsp3) is 0.571. The Labute approximate surface area is 116 Å². The van der Waals surface area contributed by atoms with Gasteiger partial charge in [-0.1, -0.05) is 26.0 Å². The van der Waals surface area contributed by atoms with Crippen molar-refractivity contribution in [3.05, 3.63) is 29.8 Å². The highest BCUT2D eigenvalue weighted by molar-refractivity contribution is 7.92. The van der Waals surface area contributed by atoms with Crippen LogP contribution in [0.1, 0.15) is 32.3 Å². The van der Waals surface area contributed by atoms with Crippen LogP contribution in [0.25, 0.3) is 0 Å². The van der Waals surface area contributed by atoms with Crippen LogP contribution in [0.4, 0.5) is 5.69 Å². The summed E-state index contributed by atoms with van der Waals surface area (Å²) in [6.45, 7) is 5.91. The number of hydrogen-bond donors (Lipinski definition) is 2. The summed E-state index contributed by atoms with van der Waals surface area (Å²) in [7, 11) is -3.22. The quantitative estimate of drug-likeness (QED) is 0.685. The van der Waals surface area contributed by atoms with Gasteiger partial charge in [-0.3, -0.25) is 4.72 Å². The van der Waals surface area contributed by atoms with Gasteiger partial charge in [0.2, 0.25) is 10.0 Å². The van der Waals surface area contributed by atoms with Gasteiger partial charge in [-0.25, -0.2) is 8.42 Å². The van der Waals surface area contributed by atoms with E-state index in [0.29, 0.717) is 12.1 Å². The first-order valence-electron chi connectivity index (χ1n) is 6.87. The SMILES string of the molecule is CCNCCCCS(=O)(=O)Nc1ccc(CC)cc1.